The number of hydrogen-bond acceptors (Lipinski definition) is 3. The predicted octanol–water partition coefficient (Wildman–Crippen LogP) is 2.65. The van der Waals surface area contributed by atoms with E-state index in [-0.39, 0.29) is 12.5 Å². The van der Waals surface area contributed by atoms with Crippen molar-refractivity contribution in [3.8, 4) is 0 Å². The second-order valence-electron chi connectivity index (χ2n) is 6.67. The first-order valence-electron chi connectivity index (χ1n) is 9.37. The van der Waals surface area contributed by atoms with Gasteiger partial charge in [0.1, 0.15) is 12.6 Å². The van der Waals surface area contributed by atoms with Crippen LogP contribution in [0.5, 0.6) is 0 Å². The van der Waals surface area contributed by atoms with Crippen molar-refractivity contribution in [1.29, 1.82) is 0 Å². The summed E-state index contributed by atoms with van der Waals surface area (Å²) in [5.74, 6) is -0.963. The number of carboxylic acid groups (broad SMARTS) is 1. The number of nitrogens with zero attached hydrogens (tertiary/aromatic N) is 1. The van der Waals surface area contributed by atoms with Gasteiger partial charge < -0.3 is 19.5 Å². The minimum absolute atomic E-state index is 0.139. The molecule has 0 rings (SSSR count). The van der Waals surface area contributed by atoms with Crippen LogP contribution in [0, 0.1) is 0 Å². The SMILES string of the molecule is CCC/C=C/CC(O)C[N+](CCC)(CCC)CCCCC(=O)[O-]. The van der Waals surface area contributed by atoms with Crippen molar-refractivity contribution in [1.82, 2.24) is 0 Å². The van der Waals surface area contributed by atoms with Crippen molar-refractivity contribution in [2.75, 3.05) is 26.2 Å². The number of rotatable bonds is 15. The quantitative estimate of drug-likeness (QED) is 0.286. The largest absolute Gasteiger partial charge is 0.550 e. The molecule has 0 saturated heterocycles. The van der Waals surface area contributed by atoms with Gasteiger partial charge in [-0.3, -0.25) is 0 Å². The van der Waals surface area contributed by atoms with Crippen LogP contribution in [0.3, 0.4) is 0 Å². The van der Waals surface area contributed by atoms with Gasteiger partial charge in [-0.25, -0.2) is 0 Å². The molecule has 0 aromatic heterocycles. The van der Waals surface area contributed by atoms with Gasteiger partial charge in [0.05, 0.1) is 19.6 Å². The second kappa shape index (κ2) is 13.6. The average Bonchev–Trinajstić information content (AvgIpc) is 2.48. The molecule has 4 nitrogen and oxygen atoms in total. The topological polar surface area (TPSA) is 60.4 Å². The Morgan fingerprint density at radius 3 is 2.22 bits per heavy atom. The predicted molar refractivity (Wildman–Crippen MR) is 93.8 cm³/mol. The summed E-state index contributed by atoms with van der Waals surface area (Å²) < 4.78 is 0.906. The number of carbonyl (C=O) groups is 1. The van der Waals surface area contributed by atoms with Crippen LogP contribution in [0.4, 0.5) is 0 Å². The van der Waals surface area contributed by atoms with Crippen LogP contribution in [0.1, 0.15) is 72.1 Å². The van der Waals surface area contributed by atoms with Crippen molar-refractivity contribution in [2.45, 2.75) is 78.2 Å². The van der Waals surface area contributed by atoms with E-state index in [1.54, 1.807) is 0 Å². The number of allylic oxidation sites excluding steroid dienone is 1. The van der Waals surface area contributed by atoms with E-state index in [2.05, 4.69) is 32.9 Å². The van der Waals surface area contributed by atoms with Gasteiger partial charge in [-0.05, 0) is 44.9 Å². The van der Waals surface area contributed by atoms with Crippen LogP contribution in [0.15, 0.2) is 12.2 Å². The fourth-order valence-corrected chi connectivity index (χ4v) is 3.33. The molecule has 0 fully saturated rings. The van der Waals surface area contributed by atoms with E-state index in [0.29, 0.717) is 12.8 Å². The Labute approximate surface area is 142 Å². The smallest absolute Gasteiger partial charge is 0.106 e. The van der Waals surface area contributed by atoms with Gasteiger partial charge in [-0.15, -0.1) is 0 Å². The normalized spacial score (nSPS) is 13.6. The Hall–Kier alpha value is -0.870. The zero-order valence-corrected chi connectivity index (χ0v) is 15.4. The summed E-state index contributed by atoms with van der Waals surface area (Å²) in [6.07, 6.45) is 10.7. The Balaban J connectivity index is 4.58. The van der Waals surface area contributed by atoms with Gasteiger partial charge in [0.2, 0.25) is 0 Å². The fourth-order valence-electron chi connectivity index (χ4n) is 3.33. The number of carbonyl (C=O) groups excluding carboxylic acids is 1. The van der Waals surface area contributed by atoms with Crippen LogP contribution in [0.2, 0.25) is 0 Å². The first-order chi connectivity index (χ1) is 11.0. The van der Waals surface area contributed by atoms with Gasteiger partial charge in [-0.2, -0.15) is 0 Å². The summed E-state index contributed by atoms with van der Waals surface area (Å²) in [5.41, 5.74) is 0. The Morgan fingerprint density at radius 1 is 1.04 bits per heavy atom. The van der Waals surface area contributed by atoms with E-state index in [9.17, 15) is 15.0 Å². The fraction of sp³-hybridized carbons (Fsp3) is 0.842. The maximum Gasteiger partial charge on any atom is 0.106 e. The van der Waals surface area contributed by atoms with Crippen LogP contribution < -0.4 is 5.11 Å². The molecule has 0 spiro atoms. The number of aliphatic carboxylic acids is 1. The van der Waals surface area contributed by atoms with E-state index < -0.39 is 5.97 Å². The number of unbranched alkanes of at least 4 members (excludes halogenated alkanes) is 2. The molecule has 1 atom stereocenters. The van der Waals surface area contributed by atoms with Crippen molar-refractivity contribution >= 4 is 5.97 Å². The van der Waals surface area contributed by atoms with Crippen LogP contribution in [-0.2, 0) is 4.79 Å². The summed E-state index contributed by atoms with van der Waals surface area (Å²) >= 11 is 0. The van der Waals surface area contributed by atoms with E-state index in [4.69, 9.17) is 0 Å². The highest BCUT2D eigenvalue weighted by atomic mass is 16.4. The molecule has 1 N–H and O–H groups in total. The molecular weight excluding hydrogens is 290 g/mol. The Morgan fingerprint density at radius 2 is 1.70 bits per heavy atom. The van der Waals surface area contributed by atoms with Gasteiger partial charge >= 0.3 is 0 Å². The van der Waals surface area contributed by atoms with E-state index >= 15 is 0 Å². The molecule has 4 heteroatoms. The van der Waals surface area contributed by atoms with Gasteiger partial charge in [0.15, 0.2) is 0 Å². The lowest BCUT2D eigenvalue weighted by atomic mass is 10.1. The lowest BCUT2D eigenvalue weighted by molar-refractivity contribution is -0.931. The summed E-state index contributed by atoms with van der Waals surface area (Å²) in [7, 11) is 0. The lowest BCUT2D eigenvalue weighted by Gasteiger charge is -2.40. The molecule has 0 aliphatic rings. The number of aliphatic hydroxyl groups excluding tert-OH is 1. The first kappa shape index (κ1) is 22.1. The second-order valence-corrected chi connectivity index (χ2v) is 6.67. The number of carboxylic acids is 1. The van der Waals surface area contributed by atoms with Crippen molar-refractivity contribution in [2.24, 2.45) is 0 Å². The lowest BCUT2D eigenvalue weighted by Crippen LogP contribution is -2.53. The highest BCUT2D eigenvalue weighted by Gasteiger charge is 2.28. The van der Waals surface area contributed by atoms with Gasteiger partial charge in [-0.1, -0.05) is 39.3 Å². The molecule has 136 valence electrons. The van der Waals surface area contributed by atoms with Crippen LogP contribution in [0.25, 0.3) is 0 Å². The van der Waals surface area contributed by atoms with Crippen LogP contribution >= 0.6 is 0 Å². The van der Waals surface area contributed by atoms with Crippen molar-refractivity contribution in [3.05, 3.63) is 12.2 Å². The standard InChI is InChI=1S/C19H37NO3/c1-4-7-8-9-12-18(21)17-20(14-5-2,15-6-3)16-11-10-13-19(22)23/h8-9,18,21H,4-7,10-17H2,1-3H3/b9-8+. The number of aliphatic hydroxyl groups is 1. The minimum Gasteiger partial charge on any atom is -0.550 e. The first-order valence-corrected chi connectivity index (χ1v) is 9.37. The molecule has 0 aromatic rings. The molecular formula is C19H37NO3. The molecule has 0 heterocycles. The summed E-state index contributed by atoms with van der Waals surface area (Å²) in [4.78, 5) is 10.6. The third-order valence-corrected chi connectivity index (χ3v) is 4.29. The summed E-state index contributed by atoms with van der Waals surface area (Å²) in [5, 5.41) is 21.0. The molecule has 0 radical (unpaired) electrons. The molecule has 1 unspecified atom stereocenters. The van der Waals surface area contributed by atoms with E-state index in [0.717, 1.165) is 62.8 Å². The van der Waals surface area contributed by atoms with Gasteiger partial charge in [0.25, 0.3) is 0 Å². The molecule has 0 saturated carbocycles. The van der Waals surface area contributed by atoms with Crippen molar-refractivity contribution in [3.63, 3.8) is 0 Å². The highest BCUT2D eigenvalue weighted by molar-refractivity contribution is 5.64. The summed E-state index contributed by atoms with van der Waals surface area (Å²) in [6, 6.07) is 0. The molecule has 0 aliphatic carbocycles. The molecule has 0 bridgehead atoms. The third kappa shape index (κ3) is 11.3. The number of quaternary nitrogens is 1. The monoisotopic (exact) mass is 327 g/mol. The van der Waals surface area contributed by atoms with Crippen molar-refractivity contribution < 1.29 is 19.5 Å². The summed E-state index contributed by atoms with van der Waals surface area (Å²) in [6.45, 7) is 10.3. The molecule has 0 aromatic carbocycles. The average molecular weight is 328 g/mol. The molecule has 23 heavy (non-hydrogen) atoms. The highest BCUT2D eigenvalue weighted by Crippen LogP contribution is 2.16. The van der Waals surface area contributed by atoms with E-state index in [1.807, 2.05) is 0 Å². The maximum atomic E-state index is 10.6. The Kier molecular flexibility index (Phi) is 13.0. The molecule has 0 aliphatic heterocycles. The maximum absolute atomic E-state index is 10.6. The minimum atomic E-state index is -0.963. The Bertz CT molecular complexity index is 323. The number of hydrogen-bond donors (Lipinski definition) is 1. The zero-order valence-electron chi connectivity index (χ0n) is 15.4. The van der Waals surface area contributed by atoms with Gasteiger partial charge in [0, 0.05) is 5.97 Å². The van der Waals surface area contributed by atoms with E-state index in [1.165, 1.54) is 0 Å². The zero-order chi connectivity index (χ0) is 17.6. The molecule has 0 amide bonds. The third-order valence-electron chi connectivity index (χ3n) is 4.29. The van der Waals surface area contributed by atoms with Crippen LogP contribution in [-0.4, -0.2) is 47.8 Å².